The first-order valence-electron chi connectivity index (χ1n) is 5.79. The maximum absolute atomic E-state index is 9.13. The van der Waals surface area contributed by atoms with Crippen molar-refractivity contribution in [2.24, 2.45) is 0 Å². The van der Waals surface area contributed by atoms with Gasteiger partial charge in [-0.15, -0.1) is 11.3 Å². The van der Waals surface area contributed by atoms with Gasteiger partial charge in [-0.05, 0) is 32.9 Å². The standard InChI is InChI=1S/C12H15N3S/c1-15-5-2-9(6-15)11-14-10(7-16-11)12(8-13)3-4-12/h7,9H,2-6H2,1H3. The van der Waals surface area contributed by atoms with Crippen molar-refractivity contribution in [3.63, 3.8) is 0 Å². The summed E-state index contributed by atoms with van der Waals surface area (Å²) < 4.78 is 0. The van der Waals surface area contributed by atoms with E-state index in [2.05, 4.69) is 23.4 Å². The summed E-state index contributed by atoms with van der Waals surface area (Å²) in [4.78, 5) is 7.05. The molecule has 0 spiro atoms. The average molecular weight is 233 g/mol. The molecule has 2 aliphatic rings. The van der Waals surface area contributed by atoms with Crippen LogP contribution in [0.1, 0.15) is 35.9 Å². The zero-order chi connectivity index (χ0) is 11.2. The summed E-state index contributed by atoms with van der Waals surface area (Å²) in [5, 5.41) is 12.5. The van der Waals surface area contributed by atoms with Gasteiger partial charge in [-0.1, -0.05) is 0 Å². The number of hydrogen-bond donors (Lipinski definition) is 0. The topological polar surface area (TPSA) is 39.9 Å². The van der Waals surface area contributed by atoms with Gasteiger partial charge < -0.3 is 4.90 Å². The third-order valence-corrected chi connectivity index (χ3v) is 4.72. The van der Waals surface area contributed by atoms with Crippen LogP contribution in [0.4, 0.5) is 0 Å². The number of nitrogens with zero attached hydrogens (tertiary/aromatic N) is 3. The van der Waals surface area contributed by atoms with E-state index >= 15 is 0 Å². The van der Waals surface area contributed by atoms with Crippen molar-refractivity contribution in [1.82, 2.24) is 9.88 Å². The molecule has 1 aromatic heterocycles. The van der Waals surface area contributed by atoms with Crippen molar-refractivity contribution >= 4 is 11.3 Å². The van der Waals surface area contributed by atoms with E-state index in [0.717, 1.165) is 25.1 Å². The quantitative estimate of drug-likeness (QED) is 0.785. The van der Waals surface area contributed by atoms with Gasteiger partial charge in [-0.2, -0.15) is 5.26 Å². The minimum Gasteiger partial charge on any atom is -0.306 e. The fourth-order valence-electron chi connectivity index (χ4n) is 2.38. The molecule has 2 fully saturated rings. The normalized spacial score (nSPS) is 27.9. The highest BCUT2D eigenvalue weighted by atomic mass is 32.1. The molecule has 1 atom stereocenters. The molecule has 0 bridgehead atoms. The minimum absolute atomic E-state index is 0.209. The van der Waals surface area contributed by atoms with Crippen LogP contribution in [0.2, 0.25) is 0 Å². The molecule has 4 heteroatoms. The number of thiazole rings is 1. The van der Waals surface area contributed by atoms with E-state index in [4.69, 9.17) is 10.2 Å². The maximum Gasteiger partial charge on any atom is 0.100 e. The second-order valence-electron chi connectivity index (χ2n) is 5.01. The zero-order valence-corrected chi connectivity index (χ0v) is 10.3. The van der Waals surface area contributed by atoms with Crippen LogP contribution in [0.25, 0.3) is 0 Å². The summed E-state index contributed by atoms with van der Waals surface area (Å²) in [5.74, 6) is 0.596. The third-order valence-electron chi connectivity index (χ3n) is 3.72. The van der Waals surface area contributed by atoms with Crippen LogP contribution in [0.15, 0.2) is 5.38 Å². The molecule has 1 unspecified atom stereocenters. The number of likely N-dealkylation sites (tertiary alicyclic amines) is 1. The Balaban J connectivity index is 1.81. The van der Waals surface area contributed by atoms with Crippen molar-refractivity contribution in [2.75, 3.05) is 20.1 Å². The van der Waals surface area contributed by atoms with Crippen molar-refractivity contribution in [3.05, 3.63) is 16.1 Å². The van der Waals surface area contributed by atoms with Gasteiger partial charge in [0.1, 0.15) is 5.41 Å². The van der Waals surface area contributed by atoms with Crippen LogP contribution in [0.5, 0.6) is 0 Å². The van der Waals surface area contributed by atoms with E-state index in [1.165, 1.54) is 18.0 Å². The van der Waals surface area contributed by atoms with Gasteiger partial charge in [-0.25, -0.2) is 4.98 Å². The summed E-state index contributed by atoms with van der Waals surface area (Å²) >= 11 is 1.74. The Morgan fingerprint density at radius 1 is 1.62 bits per heavy atom. The molecule has 1 aliphatic heterocycles. The summed E-state index contributed by atoms with van der Waals surface area (Å²) in [6.07, 6.45) is 3.21. The number of aromatic nitrogens is 1. The molecule has 0 aromatic carbocycles. The van der Waals surface area contributed by atoms with E-state index in [1.807, 2.05) is 0 Å². The van der Waals surface area contributed by atoms with Crippen LogP contribution < -0.4 is 0 Å². The molecule has 1 aliphatic carbocycles. The highest BCUT2D eigenvalue weighted by Crippen LogP contribution is 2.48. The number of hydrogen-bond acceptors (Lipinski definition) is 4. The summed E-state index contributed by atoms with van der Waals surface area (Å²) in [7, 11) is 2.16. The Hall–Kier alpha value is -0.920. The smallest absolute Gasteiger partial charge is 0.100 e. The largest absolute Gasteiger partial charge is 0.306 e. The number of likely N-dealkylation sites (N-methyl/N-ethyl adjacent to an activating group) is 1. The van der Waals surface area contributed by atoms with Crippen molar-refractivity contribution in [1.29, 1.82) is 5.26 Å². The van der Waals surface area contributed by atoms with Crippen molar-refractivity contribution < 1.29 is 0 Å². The number of nitriles is 1. The maximum atomic E-state index is 9.13. The van der Waals surface area contributed by atoms with E-state index < -0.39 is 0 Å². The lowest BCUT2D eigenvalue weighted by Crippen LogP contribution is -2.13. The summed E-state index contributed by atoms with van der Waals surface area (Å²) in [5.41, 5.74) is 0.823. The molecule has 0 N–H and O–H groups in total. The monoisotopic (exact) mass is 233 g/mol. The Kier molecular flexibility index (Phi) is 2.27. The van der Waals surface area contributed by atoms with Gasteiger partial charge in [0.2, 0.25) is 0 Å². The van der Waals surface area contributed by atoms with E-state index in [1.54, 1.807) is 11.3 Å². The van der Waals surface area contributed by atoms with E-state index in [-0.39, 0.29) is 5.41 Å². The Labute approximate surface area is 99.7 Å². The highest BCUT2D eigenvalue weighted by molar-refractivity contribution is 7.09. The summed E-state index contributed by atoms with van der Waals surface area (Å²) in [6, 6.07) is 2.42. The van der Waals surface area contributed by atoms with Crippen LogP contribution >= 0.6 is 11.3 Å². The molecule has 3 rings (SSSR count). The van der Waals surface area contributed by atoms with Gasteiger partial charge in [0, 0.05) is 17.8 Å². The molecule has 2 heterocycles. The SMILES string of the molecule is CN1CCC(c2nc(C3(C#N)CC3)cs2)C1. The molecule has 1 aromatic rings. The molecule has 1 saturated heterocycles. The van der Waals surface area contributed by atoms with Crippen LogP contribution in [-0.4, -0.2) is 30.0 Å². The minimum atomic E-state index is -0.209. The van der Waals surface area contributed by atoms with Crippen LogP contribution in [0, 0.1) is 11.3 Å². The fourth-order valence-corrected chi connectivity index (χ4v) is 3.43. The summed E-state index contributed by atoms with van der Waals surface area (Å²) in [6.45, 7) is 2.29. The lowest BCUT2D eigenvalue weighted by molar-refractivity contribution is 0.411. The van der Waals surface area contributed by atoms with E-state index in [0.29, 0.717) is 5.92 Å². The van der Waals surface area contributed by atoms with Crippen molar-refractivity contribution in [3.8, 4) is 6.07 Å². The first kappa shape index (κ1) is 10.2. The molecule has 84 valence electrons. The van der Waals surface area contributed by atoms with E-state index in [9.17, 15) is 0 Å². The molecular formula is C12H15N3S. The Morgan fingerprint density at radius 3 is 3.00 bits per heavy atom. The molecule has 3 nitrogen and oxygen atoms in total. The van der Waals surface area contributed by atoms with Gasteiger partial charge >= 0.3 is 0 Å². The molecule has 1 saturated carbocycles. The zero-order valence-electron chi connectivity index (χ0n) is 9.44. The van der Waals surface area contributed by atoms with Crippen LogP contribution in [-0.2, 0) is 5.41 Å². The van der Waals surface area contributed by atoms with Gasteiger partial charge in [0.25, 0.3) is 0 Å². The lowest BCUT2D eigenvalue weighted by atomic mass is 10.1. The predicted octanol–water partition coefficient (Wildman–Crippen LogP) is 2.12. The Morgan fingerprint density at radius 2 is 2.44 bits per heavy atom. The number of rotatable bonds is 2. The van der Waals surface area contributed by atoms with Gasteiger partial charge in [-0.3, -0.25) is 0 Å². The molecular weight excluding hydrogens is 218 g/mol. The van der Waals surface area contributed by atoms with Gasteiger partial charge in [0.05, 0.1) is 16.8 Å². The highest BCUT2D eigenvalue weighted by Gasteiger charge is 2.47. The second-order valence-corrected chi connectivity index (χ2v) is 5.90. The fraction of sp³-hybridized carbons (Fsp3) is 0.667. The lowest BCUT2D eigenvalue weighted by Gasteiger charge is -2.07. The van der Waals surface area contributed by atoms with Crippen LogP contribution in [0.3, 0.4) is 0 Å². The first-order chi connectivity index (χ1) is 7.73. The first-order valence-corrected chi connectivity index (χ1v) is 6.67. The van der Waals surface area contributed by atoms with Gasteiger partial charge in [0.15, 0.2) is 0 Å². The molecule has 0 amide bonds. The third kappa shape index (κ3) is 1.55. The molecule has 0 radical (unpaired) electrons. The average Bonchev–Trinajstić information content (AvgIpc) is 2.74. The molecule has 16 heavy (non-hydrogen) atoms. The predicted molar refractivity (Wildman–Crippen MR) is 63.5 cm³/mol. The van der Waals surface area contributed by atoms with Crippen molar-refractivity contribution in [2.45, 2.75) is 30.6 Å². The Bertz CT molecular complexity index is 441. The second kappa shape index (κ2) is 3.54.